The number of benzene rings is 1. The Labute approximate surface area is 112 Å². The fourth-order valence-electron chi connectivity index (χ4n) is 1.06. The minimum Gasteiger partial charge on any atom is -0.354 e. The van der Waals surface area contributed by atoms with E-state index in [0.29, 0.717) is 0 Å². The lowest BCUT2D eigenvalue weighted by atomic mass is 10.0. The molecule has 0 bridgehead atoms. The van der Waals surface area contributed by atoms with E-state index >= 15 is 0 Å². The lowest BCUT2D eigenvalue weighted by molar-refractivity contribution is -0.178. The predicted octanol–water partition coefficient (Wildman–Crippen LogP) is 4.52. The van der Waals surface area contributed by atoms with Crippen LogP contribution in [-0.4, -0.2) is 20.0 Å². The van der Waals surface area contributed by atoms with Crippen LogP contribution in [-0.2, 0) is 9.47 Å². The molecule has 1 rings (SSSR count). The number of methoxy groups -OCH3 is 2. The molecule has 0 atom stereocenters. The van der Waals surface area contributed by atoms with Gasteiger partial charge in [0.2, 0.25) is 0 Å². The maximum Gasteiger partial charge on any atom is 0.161 e. The van der Waals surface area contributed by atoms with Crippen LogP contribution in [0.1, 0.15) is 40.2 Å². The van der Waals surface area contributed by atoms with Gasteiger partial charge in [0, 0.05) is 14.2 Å². The highest BCUT2D eigenvalue weighted by molar-refractivity contribution is 5.65. The summed E-state index contributed by atoms with van der Waals surface area (Å²) in [6.45, 7) is 10.1. The molecule has 0 unspecified atom stereocenters. The van der Waals surface area contributed by atoms with Gasteiger partial charge in [-0.2, -0.15) is 0 Å². The van der Waals surface area contributed by atoms with Crippen molar-refractivity contribution in [2.45, 2.75) is 40.4 Å². The number of rotatable bonds is 3. The molecule has 0 N–H and O–H groups in total. The van der Waals surface area contributed by atoms with E-state index in [-0.39, 0.29) is 0 Å². The van der Waals surface area contributed by atoms with Crippen LogP contribution in [0.15, 0.2) is 35.9 Å². The van der Waals surface area contributed by atoms with Crippen LogP contribution in [0, 0.1) is 0 Å². The molecule has 1 aromatic carbocycles. The van der Waals surface area contributed by atoms with Crippen molar-refractivity contribution < 1.29 is 9.47 Å². The molecule has 1 aromatic rings. The topological polar surface area (TPSA) is 18.5 Å². The number of allylic oxidation sites excluding steroid dienone is 2. The average Bonchev–Trinajstić information content (AvgIpc) is 2.39. The zero-order chi connectivity index (χ0) is 14.2. The molecular formula is C16H26O2. The number of ether oxygens (including phenoxy) is 2. The lowest BCUT2D eigenvalue weighted by Crippen LogP contribution is -2.24. The van der Waals surface area contributed by atoms with Crippen LogP contribution in [0.2, 0.25) is 0 Å². The molecule has 0 fully saturated rings. The third kappa shape index (κ3) is 6.58. The molecule has 0 aliphatic rings. The molecule has 0 saturated heterocycles. The van der Waals surface area contributed by atoms with Crippen molar-refractivity contribution in [3.05, 3.63) is 41.5 Å². The minimum atomic E-state index is -0.417. The maximum atomic E-state index is 4.86. The first-order valence-electron chi connectivity index (χ1n) is 6.14. The predicted molar refractivity (Wildman–Crippen MR) is 78.5 cm³/mol. The second-order valence-corrected chi connectivity index (χ2v) is 4.80. The Morgan fingerprint density at radius 1 is 0.889 bits per heavy atom. The zero-order valence-electron chi connectivity index (χ0n) is 12.7. The summed E-state index contributed by atoms with van der Waals surface area (Å²) in [5, 5.41) is 0. The molecular weight excluding hydrogens is 224 g/mol. The summed E-state index contributed by atoms with van der Waals surface area (Å²) in [4.78, 5) is 0. The summed E-state index contributed by atoms with van der Waals surface area (Å²) >= 11 is 0. The van der Waals surface area contributed by atoms with Gasteiger partial charge in [-0.3, -0.25) is 0 Å². The summed E-state index contributed by atoms with van der Waals surface area (Å²) in [5.74, 6) is -0.417. The Morgan fingerprint density at radius 3 is 1.61 bits per heavy atom. The lowest BCUT2D eigenvalue weighted by Gasteiger charge is -2.19. The van der Waals surface area contributed by atoms with Gasteiger partial charge in [-0.1, -0.05) is 35.9 Å². The third-order valence-electron chi connectivity index (χ3n) is 2.94. The minimum absolute atomic E-state index is 0.417. The van der Waals surface area contributed by atoms with Gasteiger partial charge in [-0.25, -0.2) is 0 Å². The van der Waals surface area contributed by atoms with E-state index in [0.717, 1.165) is 0 Å². The molecule has 102 valence electrons. The van der Waals surface area contributed by atoms with E-state index in [4.69, 9.17) is 9.47 Å². The van der Waals surface area contributed by atoms with E-state index < -0.39 is 5.79 Å². The summed E-state index contributed by atoms with van der Waals surface area (Å²) in [6, 6.07) is 10.5. The first kappa shape index (κ1) is 16.9. The van der Waals surface area contributed by atoms with E-state index in [2.05, 4.69) is 45.0 Å². The van der Waals surface area contributed by atoms with Crippen LogP contribution in [0.25, 0.3) is 5.57 Å². The van der Waals surface area contributed by atoms with Gasteiger partial charge in [0.1, 0.15) is 0 Å². The summed E-state index contributed by atoms with van der Waals surface area (Å²) in [6.07, 6.45) is 0. The van der Waals surface area contributed by atoms with Crippen LogP contribution in [0.5, 0.6) is 0 Å². The van der Waals surface area contributed by atoms with E-state index in [1.54, 1.807) is 14.2 Å². The van der Waals surface area contributed by atoms with E-state index in [1.165, 1.54) is 16.7 Å². The highest BCUT2D eigenvalue weighted by atomic mass is 16.7. The monoisotopic (exact) mass is 250 g/mol. The Balaban J connectivity index is 0.000000360. The molecule has 2 heteroatoms. The van der Waals surface area contributed by atoms with Crippen molar-refractivity contribution in [3.8, 4) is 0 Å². The normalized spacial score (nSPS) is 10.4. The first-order chi connectivity index (χ1) is 8.34. The standard InChI is InChI=1S/C11H14.C5H12O2/c1-9(2)10(3)11-7-5-4-6-8-11;1-5(2,6-3)7-4/h4-8H,1-3H3;1-4H3. The largest absolute Gasteiger partial charge is 0.354 e. The summed E-state index contributed by atoms with van der Waals surface area (Å²) in [7, 11) is 3.23. The van der Waals surface area contributed by atoms with E-state index in [9.17, 15) is 0 Å². The van der Waals surface area contributed by atoms with Gasteiger partial charge in [0.25, 0.3) is 0 Å². The third-order valence-corrected chi connectivity index (χ3v) is 2.94. The average molecular weight is 250 g/mol. The van der Waals surface area contributed by atoms with Crippen LogP contribution >= 0.6 is 0 Å². The molecule has 0 radical (unpaired) electrons. The second kappa shape index (κ2) is 8.06. The summed E-state index contributed by atoms with van der Waals surface area (Å²) < 4.78 is 9.73. The Bertz CT molecular complexity index is 354. The Morgan fingerprint density at radius 2 is 1.33 bits per heavy atom. The molecule has 0 spiro atoms. The Hall–Kier alpha value is -1.12. The second-order valence-electron chi connectivity index (χ2n) is 4.80. The molecule has 18 heavy (non-hydrogen) atoms. The van der Waals surface area contributed by atoms with Gasteiger partial charge < -0.3 is 9.47 Å². The molecule has 0 aliphatic heterocycles. The van der Waals surface area contributed by atoms with Crippen LogP contribution in [0.3, 0.4) is 0 Å². The fourth-order valence-corrected chi connectivity index (χ4v) is 1.06. The smallest absolute Gasteiger partial charge is 0.161 e. The zero-order valence-corrected chi connectivity index (χ0v) is 12.7. The molecule has 0 amide bonds. The Kier molecular flexibility index (Phi) is 7.56. The van der Waals surface area contributed by atoms with Crippen molar-refractivity contribution in [2.24, 2.45) is 0 Å². The maximum absolute atomic E-state index is 4.86. The van der Waals surface area contributed by atoms with Gasteiger partial charge >= 0.3 is 0 Å². The number of hydrogen-bond donors (Lipinski definition) is 0. The number of hydrogen-bond acceptors (Lipinski definition) is 2. The van der Waals surface area contributed by atoms with Gasteiger partial charge in [0.15, 0.2) is 5.79 Å². The van der Waals surface area contributed by atoms with Gasteiger partial charge in [-0.05, 0) is 45.8 Å². The van der Waals surface area contributed by atoms with Crippen LogP contribution in [0.4, 0.5) is 0 Å². The van der Waals surface area contributed by atoms with Crippen molar-refractivity contribution in [3.63, 3.8) is 0 Å². The quantitative estimate of drug-likeness (QED) is 0.735. The van der Waals surface area contributed by atoms with Crippen LogP contribution < -0.4 is 0 Å². The first-order valence-corrected chi connectivity index (χ1v) is 6.14. The molecule has 0 aromatic heterocycles. The molecule has 0 saturated carbocycles. The molecule has 0 aliphatic carbocycles. The van der Waals surface area contributed by atoms with Crippen molar-refractivity contribution in [2.75, 3.05) is 14.2 Å². The van der Waals surface area contributed by atoms with Crippen molar-refractivity contribution >= 4 is 5.57 Å². The van der Waals surface area contributed by atoms with Gasteiger partial charge in [0.05, 0.1) is 0 Å². The molecule has 0 heterocycles. The SMILES string of the molecule is CC(C)=C(C)c1ccccc1.COC(C)(C)OC. The highest BCUT2D eigenvalue weighted by Gasteiger charge is 2.11. The highest BCUT2D eigenvalue weighted by Crippen LogP contribution is 2.16. The van der Waals surface area contributed by atoms with Gasteiger partial charge in [-0.15, -0.1) is 0 Å². The molecule has 2 nitrogen and oxygen atoms in total. The fraction of sp³-hybridized carbons (Fsp3) is 0.500. The van der Waals surface area contributed by atoms with Crippen molar-refractivity contribution in [1.82, 2.24) is 0 Å². The van der Waals surface area contributed by atoms with E-state index in [1.807, 2.05) is 19.9 Å². The van der Waals surface area contributed by atoms with Crippen molar-refractivity contribution in [1.29, 1.82) is 0 Å². The summed E-state index contributed by atoms with van der Waals surface area (Å²) in [5.41, 5.74) is 4.09.